The molecule has 7 nitrogen and oxygen atoms in total. The predicted molar refractivity (Wildman–Crippen MR) is 109 cm³/mol. The molecule has 29 heavy (non-hydrogen) atoms. The molecule has 0 radical (unpaired) electrons. The largest absolute Gasteiger partial charge is 0.298 e. The van der Waals surface area contributed by atoms with Crippen LogP contribution in [0.2, 0.25) is 0 Å². The lowest BCUT2D eigenvalue weighted by atomic mass is 10.2. The summed E-state index contributed by atoms with van der Waals surface area (Å²) in [4.78, 5) is 20.7. The lowest BCUT2D eigenvalue weighted by Gasteiger charge is -2.09. The van der Waals surface area contributed by atoms with Crippen LogP contribution in [0.4, 0.5) is 15.2 Å². The average Bonchev–Trinajstić information content (AvgIpc) is 3.10. The molecule has 2 aromatic heterocycles. The Bertz CT molecular complexity index is 1270. The van der Waals surface area contributed by atoms with Crippen molar-refractivity contribution in [1.82, 2.24) is 9.97 Å². The quantitative estimate of drug-likeness (QED) is 0.502. The summed E-state index contributed by atoms with van der Waals surface area (Å²) >= 11 is 1.33. The first-order valence-electron chi connectivity index (χ1n) is 8.31. The number of nitrogens with one attached hydrogen (secondary N) is 2. The van der Waals surface area contributed by atoms with E-state index in [1.165, 1.54) is 29.8 Å². The molecule has 146 valence electrons. The number of benzene rings is 2. The van der Waals surface area contributed by atoms with Gasteiger partial charge in [0.05, 0.1) is 32.6 Å². The van der Waals surface area contributed by atoms with Crippen LogP contribution in [-0.4, -0.2) is 24.3 Å². The van der Waals surface area contributed by atoms with E-state index in [9.17, 15) is 17.6 Å². The number of amides is 1. The third kappa shape index (κ3) is 4.23. The highest BCUT2D eigenvalue weighted by atomic mass is 32.2. The van der Waals surface area contributed by atoms with E-state index >= 15 is 0 Å². The number of hydrogen-bond acceptors (Lipinski definition) is 6. The zero-order valence-corrected chi connectivity index (χ0v) is 16.3. The van der Waals surface area contributed by atoms with Crippen LogP contribution in [0.5, 0.6) is 0 Å². The highest BCUT2D eigenvalue weighted by molar-refractivity contribution is 7.92. The van der Waals surface area contributed by atoms with Crippen LogP contribution in [0, 0.1) is 5.82 Å². The number of pyridine rings is 1. The highest BCUT2D eigenvalue weighted by Gasteiger charge is 2.16. The minimum Gasteiger partial charge on any atom is -0.298 e. The molecule has 4 aromatic rings. The molecular weight excluding hydrogens is 415 g/mol. The van der Waals surface area contributed by atoms with Crippen molar-refractivity contribution in [3.8, 4) is 0 Å². The maximum Gasteiger partial charge on any atom is 0.261 e. The Morgan fingerprint density at radius 1 is 1.03 bits per heavy atom. The van der Waals surface area contributed by atoms with Gasteiger partial charge in [0, 0.05) is 6.20 Å². The number of thiazole rings is 1. The third-order valence-corrected chi connectivity index (χ3v) is 6.24. The molecule has 0 aliphatic heterocycles. The van der Waals surface area contributed by atoms with Crippen LogP contribution >= 0.6 is 11.3 Å². The van der Waals surface area contributed by atoms with Gasteiger partial charge in [-0.05, 0) is 42.5 Å². The fourth-order valence-electron chi connectivity index (χ4n) is 2.54. The second kappa shape index (κ2) is 7.57. The smallest absolute Gasteiger partial charge is 0.261 e. The van der Waals surface area contributed by atoms with Gasteiger partial charge in [-0.3, -0.25) is 19.8 Å². The van der Waals surface area contributed by atoms with Crippen molar-refractivity contribution in [3.05, 3.63) is 78.4 Å². The molecule has 0 bridgehead atoms. The van der Waals surface area contributed by atoms with Crippen molar-refractivity contribution in [3.63, 3.8) is 0 Å². The molecule has 2 aromatic carbocycles. The molecule has 2 heterocycles. The van der Waals surface area contributed by atoms with Gasteiger partial charge in [-0.25, -0.2) is 17.8 Å². The number of fused-ring (bicyclic) bond motifs is 1. The third-order valence-electron chi connectivity index (χ3n) is 3.89. The summed E-state index contributed by atoms with van der Waals surface area (Å²) in [6.45, 7) is 0. The molecule has 0 saturated heterocycles. The van der Waals surface area contributed by atoms with Gasteiger partial charge in [-0.2, -0.15) is 0 Å². The molecule has 0 aliphatic carbocycles. The first kappa shape index (κ1) is 19.0. The van der Waals surface area contributed by atoms with Gasteiger partial charge in [0.1, 0.15) is 5.82 Å². The number of para-hydroxylation sites is 1. The number of carbonyl (C=O) groups is 1. The molecule has 10 heteroatoms. The number of sulfonamides is 1. The van der Waals surface area contributed by atoms with Gasteiger partial charge in [0.2, 0.25) is 0 Å². The van der Waals surface area contributed by atoms with E-state index in [2.05, 4.69) is 20.0 Å². The molecule has 0 saturated carbocycles. The maximum absolute atomic E-state index is 13.0. The molecule has 1 amide bonds. The zero-order valence-electron chi connectivity index (χ0n) is 14.7. The highest BCUT2D eigenvalue weighted by Crippen LogP contribution is 2.26. The average molecular weight is 428 g/mol. The van der Waals surface area contributed by atoms with E-state index in [-0.39, 0.29) is 16.1 Å². The van der Waals surface area contributed by atoms with Gasteiger partial charge in [-0.1, -0.05) is 23.5 Å². The van der Waals surface area contributed by atoms with Crippen LogP contribution in [0.1, 0.15) is 10.4 Å². The van der Waals surface area contributed by atoms with Crippen molar-refractivity contribution in [2.24, 2.45) is 0 Å². The Morgan fingerprint density at radius 3 is 2.55 bits per heavy atom. The minimum atomic E-state index is -3.95. The van der Waals surface area contributed by atoms with Gasteiger partial charge < -0.3 is 0 Å². The van der Waals surface area contributed by atoms with Crippen molar-refractivity contribution in [1.29, 1.82) is 0 Å². The van der Waals surface area contributed by atoms with Crippen molar-refractivity contribution >= 4 is 48.3 Å². The SMILES string of the molecule is O=C(Nc1nc2ccccc2s1)c1cncc(NS(=O)(=O)c2ccc(F)cc2)c1. The summed E-state index contributed by atoms with van der Waals surface area (Å²) in [5.74, 6) is -1.02. The lowest BCUT2D eigenvalue weighted by Crippen LogP contribution is -2.15. The van der Waals surface area contributed by atoms with Gasteiger partial charge in [0.25, 0.3) is 15.9 Å². The molecule has 0 spiro atoms. The summed E-state index contributed by atoms with van der Waals surface area (Å²) in [6, 6.07) is 13.2. The molecule has 2 N–H and O–H groups in total. The Labute approximate surface area is 169 Å². The van der Waals surface area contributed by atoms with Crippen LogP contribution in [0.3, 0.4) is 0 Å². The molecule has 0 aliphatic rings. The van der Waals surface area contributed by atoms with Crippen molar-refractivity contribution < 1.29 is 17.6 Å². The van der Waals surface area contributed by atoms with Crippen LogP contribution in [0.15, 0.2) is 71.9 Å². The van der Waals surface area contributed by atoms with Crippen LogP contribution in [-0.2, 0) is 10.0 Å². The molecule has 0 unspecified atom stereocenters. The molecule has 0 atom stereocenters. The van der Waals surface area contributed by atoms with Crippen molar-refractivity contribution in [2.75, 3.05) is 10.0 Å². The Morgan fingerprint density at radius 2 is 1.79 bits per heavy atom. The zero-order chi connectivity index (χ0) is 20.4. The number of hydrogen-bond donors (Lipinski definition) is 2. The summed E-state index contributed by atoms with van der Waals surface area (Å²) in [7, 11) is -3.95. The van der Waals surface area contributed by atoms with Gasteiger partial charge >= 0.3 is 0 Å². The number of anilines is 2. The lowest BCUT2D eigenvalue weighted by molar-refractivity contribution is 0.102. The number of rotatable bonds is 5. The van der Waals surface area contributed by atoms with Gasteiger partial charge in [0.15, 0.2) is 5.13 Å². The summed E-state index contributed by atoms with van der Waals surface area (Å²) < 4.78 is 41.1. The normalized spacial score (nSPS) is 11.3. The fourth-order valence-corrected chi connectivity index (χ4v) is 4.44. The number of nitrogens with zero attached hydrogens (tertiary/aromatic N) is 2. The topological polar surface area (TPSA) is 101 Å². The second-order valence-electron chi connectivity index (χ2n) is 5.96. The summed E-state index contributed by atoms with van der Waals surface area (Å²) in [5, 5.41) is 3.11. The Balaban J connectivity index is 1.53. The standard InChI is InChI=1S/C19H13FN4O3S2/c20-13-5-7-15(8-6-13)29(26,27)24-14-9-12(10-21-11-14)18(25)23-19-22-16-3-1-2-4-17(16)28-19/h1-11,24H,(H,22,23,25). The predicted octanol–water partition coefficient (Wildman–Crippen LogP) is 3.88. The first-order chi connectivity index (χ1) is 13.9. The molecule has 0 fully saturated rings. The van der Waals surface area contributed by atoms with E-state index in [1.54, 1.807) is 0 Å². The van der Waals surface area contributed by atoms with E-state index in [1.807, 2.05) is 24.3 Å². The maximum atomic E-state index is 13.0. The van der Waals surface area contributed by atoms with Crippen LogP contribution < -0.4 is 10.0 Å². The Kier molecular flexibility index (Phi) is 4.95. The minimum absolute atomic E-state index is 0.103. The number of carbonyl (C=O) groups excluding carboxylic acids is 1. The van der Waals surface area contributed by atoms with Gasteiger partial charge in [-0.15, -0.1) is 0 Å². The number of aromatic nitrogens is 2. The van der Waals surface area contributed by atoms with E-state index < -0.39 is 21.7 Å². The van der Waals surface area contributed by atoms with E-state index in [0.717, 1.165) is 34.5 Å². The molecular formula is C19H13FN4O3S2. The van der Waals surface area contributed by atoms with Crippen molar-refractivity contribution in [2.45, 2.75) is 4.90 Å². The summed E-state index contributed by atoms with van der Waals surface area (Å²) in [5.41, 5.74) is 1.03. The molecule has 4 rings (SSSR count). The Hall–Kier alpha value is -3.37. The first-order valence-corrected chi connectivity index (χ1v) is 10.6. The van der Waals surface area contributed by atoms with E-state index in [0.29, 0.717) is 5.13 Å². The second-order valence-corrected chi connectivity index (χ2v) is 8.68. The van der Waals surface area contributed by atoms with Crippen LogP contribution in [0.25, 0.3) is 10.2 Å². The monoisotopic (exact) mass is 428 g/mol. The fraction of sp³-hybridized carbons (Fsp3) is 0. The number of halogens is 1. The van der Waals surface area contributed by atoms with E-state index in [4.69, 9.17) is 0 Å². The summed E-state index contributed by atoms with van der Waals surface area (Å²) in [6.07, 6.45) is 2.59.